The molecule has 27 heavy (non-hydrogen) atoms. The first kappa shape index (κ1) is 18.7. The minimum absolute atomic E-state index is 0.108. The summed E-state index contributed by atoms with van der Waals surface area (Å²) in [5.74, 6) is -0.781. The van der Waals surface area contributed by atoms with Crippen molar-refractivity contribution in [2.75, 3.05) is 0 Å². The first-order chi connectivity index (χ1) is 13.1. The Hall–Kier alpha value is -3.12. The van der Waals surface area contributed by atoms with Crippen LogP contribution in [0.5, 0.6) is 0 Å². The summed E-state index contributed by atoms with van der Waals surface area (Å²) in [5.41, 5.74) is 1.89. The summed E-state index contributed by atoms with van der Waals surface area (Å²) in [6.45, 7) is 0.355. The number of amides is 2. The zero-order chi connectivity index (χ0) is 19.1. The van der Waals surface area contributed by atoms with Gasteiger partial charge in [-0.3, -0.25) is 9.59 Å². The number of hydrogen-bond acceptors (Lipinski definition) is 3. The quantitative estimate of drug-likeness (QED) is 0.584. The van der Waals surface area contributed by atoms with Crippen LogP contribution >= 0.6 is 15.9 Å². The average Bonchev–Trinajstić information content (AvgIpc) is 3.14. The number of carbonyl (C=O) groups is 2. The highest BCUT2D eigenvalue weighted by Crippen LogP contribution is 2.14. The first-order valence-corrected chi connectivity index (χ1v) is 9.06. The van der Waals surface area contributed by atoms with Crippen molar-refractivity contribution in [1.29, 1.82) is 0 Å². The van der Waals surface area contributed by atoms with Crippen LogP contribution in [0.3, 0.4) is 0 Å². The van der Waals surface area contributed by atoms with Crippen molar-refractivity contribution in [2.24, 2.45) is 0 Å². The minimum atomic E-state index is -0.502. The highest BCUT2D eigenvalue weighted by atomic mass is 79.9. The predicted octanol–water partition coefficient (Wildman–Crippen LogP) is 4.13. The third-order valence-corrected chi connectivity index (χ3v) is 4.12. The zero-order valence-corrected chi connectivity index (χ0v) is 15.9. The number of nitrogens with one attached hydrogen (secondary N) is 2. The lowest BCUT2D eigenvalue weighted by molar-refractivity contribution is -0.117. The van der Waals surface area contributed by atoms with Crippen LogP contribution in [0.15, 0.2) is 87.6 Å². The summed E-state index contributed by atoms with van der Waals surface area (Å²) >= 11 is 3.16. The molecule has 0 atom stereocenters. The van der Waals surface area contributed by atoms with Gasteiger partial charge in [-0.05, 0) is 45.3 Å². The molecule has 0 saturated heterocycles. The van der Waals surface area contributed by atoms with E-state index in [1.54, 1.807) is 12.1 Å². The molecule has 0 aliphatic carbocycles. The van der Waals surface area contributed by atoms with Gasteiger partial charge in [0.1, 0.15) is 5.70 Å². The maximum Gasteiger partial charge on any atom is 0.291 e. The largest absolute Gasteiger partial charge is 0.444 e. The summed E-state index contributed by atoms with van der Waals surface area (Å²) in [6.07, 6.45) is 1.62. The lowest BCUT2D eigenvalue weighted by Gasteiger charge is -2.10. The third-order valence-electron chi connectivity index (χ3n) is 3.70. The molecule has 2 aromatic carbocycles. The summed E-state index contributed by atoms with van der Waals surface area (Å²) in [5, 5.41) is 5.45. The summed E-state index contributed by atoms with van der Waals surface area (Å²) < 4.78 is 5.69. The Balaban J connectivity index is 1.77. The Bertz CT molecular complexity index is 950. The van der Waals surface area contributed by atoms with Gasteiger partial charge in [-0.1, -0.05) is 60.7 Å². The van der Waals surface area contributed by atoms with E-state index >= 15 is 0 Å². The van der Waals surface area contributed by atoms with Gasteiger partial charge in [-0.2, -0.15) is 0 Å². The standard InChI is InChI=1S/C21H17BrN2O3/c22-19-12-11-18(27-19)21(26)24-17(13-15-7-3-1-4-8-15)20(25)23-14-16-9-5-2-6-10-16/h1-13H,14H2,(H,23,25)(H,24,26)/b17-13+. The van der Waals surface area contributed by atoms with Gasteiger partial charge in [-0.25, -0.2) is 0 Å². The van der Waals surface area contributed by atoms with Crippen LogP contribution in [0.1, 0.15) is 21.7 Å². The van der Waals surface area contributed by atoms with Crippen molar-refractivity contribution in [3.63, 3.8) is 0 Å². The van der Waals surface area contributed by atoms with Gasteiger partial charge in [0.2, 0.25) is 0 Å². The fourth-order valence-corrected chi connectivity index (χ4v) is 2.67. The van der Waals surface area contributed by atoms with Crippen molar-refractivity contribution in [3.05, 3.63) is 100 Å². The Morgan fingerprint density at radius 3 is 2.22 bits per heavy atom. The normalized spacial score (nSPS) is 11.1. The fraction of sp³-hybridized carbons (Fsp3) is 0.0476. The second-order valence-corrected chi connectivity index (χ2v) is 6.48. The van der Waals surface area contributed by atoms with Gasteiger partial charge in [-0.15, -0.1) is 0 Å². The van der Waals surface area contributed by atoms with Crippen LogP contribution in [0.4, 0.5) is 0 Å². The van der Waals surface area contributed by atoms with E-state index in [1.807, 2.05) is 60.7 Å². The number of furan rings is 1. The molecular formula is C21H17BrN2O3. The molecule has 0 saturated carbocycles. The van der Waals surface area contributed by atoms with E-state index in [9.17, 15) is 9.59 Å². The van der Waals surface area contributed by atoms with E-state index in [1.165, 1.54) is 6.07 Å². The average molecular weight is 425 g/mol. The maximum atomic E-state index is 12.7. The highest BCUT2D eigenvalue weighted by molar-refractivity contribution is 9.10. The van der Waals surface area contributed by atoms with Gasteiger partial charge >= 0.3 is 0 Å². The Kier molecular flexibility index (Phi) is 6.22. The maximum absolute atomic E-state index is 12.7. The molecule has 5 nitrogen and oxygen atoms in total. The molecule has 0 aliphatic heterocycles. The van der Waals surface area contributed by atoms with Crippen LogP contribution < -0.4 is 10.6 Å². The number of rotatable bonds is 6. The highest BCUT2D eigenvalue weighted by Gasteiger charge is 2.17. The van der Waals surface area contributed by atoms with Crippen molar-refractivity contribution >= 4 is 33.8 Å². The number of halogens is 1. The molecule has 0 aliphatic rings. The van der Waals surface area contributed by atoms with Crippen LogP contribution in [-0.4, -0.2) is 11.8 Å². The molecule has 6 heteroatoms. The van der Waals surface area contributed by atoms with Crippen LogP contribution in [0.2, 0.25) is 0 Å². The topological polar surface area (TPSA) is 71.3 Å². The van der Waals surface area contributed by atoms with Crippen molar-refractivity contribution < 1.29 is 14.0 Å². The molecular weight excluding hydrogens is 408 g/mol. The second-order valence-electron chi connectivity index (χ2n) is 5.69. The molecule has 3 aromatic rings. The summed E-state index contributed by atoms with van der Waals surface area (Å²) in [7, 11) is 0. The van der Waals surface area contributed by atoms with Gasteiger partial charge in [0.25, 0.3) is 11.8 Å². The molecule has 1 aromatic heterocycles. The van der Waals surface area contributed by atoms with Gasteiger partial charge in [0, 0.05) is 6.54 Å². The van der Waals surface area contributed by atoms with Crippen molar-refractivity contribution in [1.82, 2.24) is 10.6 Å². The third kappa shape index (κ3) is 5.43. The van der Waals surface area contributed by atoms with Crippen LogP contribution in [0.25, 0.3) is 6.08 Å². The van der Waals surface area contributed by atoms with Crippen molar-refractivity contribution in [2.45, 2.75) is 6.54 Å². The van der Waals surface area contributed by atoms with Gasteiger partial charge in [0.15, 0.2) is 10.4 Å². The molecule has 0 bridgehead atoms. The molecule has 2 amide bonds. The second kappa shape index (κ2) is 9.00. The smallest absolute Gasteiger partial charge is 0.291 e. The Morgan fingerprint density at radius 2 is 1.59 bits per heavy atom. The van der Waals surface area contributed by atoms with Crippen LogP contribution in [0, 0.1) is 0 Å². The molecule has 1 heterocycles. The molecule has 0 radical (unpaired) electrons. The van der Waals surface area contributed by atoms with E-state index in [0.717, 1.165) is 11.1 Å². The van der Waals surface area contributed by atoms with Gasteiger partial charge in [0.05, 0.1) is 0 Å². The monoisotopic (exact) mass is 424 g/mol. The lowest BCUT2D eigenvalue weighted by Crippen LogP contribution is -2.34. The van der Waals surface area contributed by atoms with Gasteiger partial charge < -0.3 is 15.1 Å². The molecule has 3 rings (SSSR count). The summed E-state index contributed by atoms with van der Waals surface area (Å²) in [6, 6.07) is 22.0. The predicted molar refractivity (Wildman–Crippen MR) is 107 cm³/mol. The Labute approximate surface area is 165 Å². The number of hydrogen-bond donors (Lipinski definition) is 2. The van der Waals surface area contributed by atoms with Crippen molar-refractivity contribution in [3.8, 4) is 0 Å². The molecule has 0 unspecified atom stereocenters. The summed E-state index contributed by atoms with van der Waals surface area (Å²) in [4.78, 5) is 25.0. The van der Waals surface area contributed by atoms with E-state index < -0.39 is 5.91 Å². The molecule has 0 fully saturated rings. The lowest BCUT2D eigenvalue weighted by atomic mass is 10.1. The minimum Gasteiger partial charge on any atom is -0.444 e. The van der Waals surface area contributed by atoms with Crippen LogP contribution in [-0.2, 0) is 11.3 Å². The zero-order valence-electron chi connectivity index (χ0n) is 14.3. The molecule has 2 N–H and O–H groups in total. The first-order valence-electron chi connectivity index (χ1n) is 8.27. The van der Waals surface area contributed by atoms with E-state index in [2.05, 4.69) is 26.6 Å². The SMILES string of the molecule is O=C(NCc1ccccc1)/C(=C\c1ccccc1)NC(=O)c1ccc(Br)o1. The van der Waals surface area contributed by atoms with E-state index in [0.29, 0.717) is 11.2 Å². The Morgan fingerprint density at radius 1 is 0.926 bits per heavy atom. The molecule has 136 valence electrons. The van der Waals surface area contributed by atoms with E-state index in [4.69, 9.17) is 4.42 Å². The van der Waals surface area contributed by atoms with E-state index in [-0.39, 0.29) is 17.4 Å². The number of benzene rings is 2. The number of carbonyl (C=O) groups excluding carboxylic acids is 2. The molecule has 0 spiro atoms. The fourth-order valence-electron chi connectivity index (χ4n) is 2.37.